The van der Waals surface area contributed by atoms with Gasteiger partial charge in [0.05, 0.1) is 7.11 Å². The maximum atomic E-state index is 12.5. The van der Waals surface area contributed by atoms with E-state index in [1.807, 2.05) is 36.9 Å². The van der Waals surface area contributed by atoms with Crippen molar-refractivity contribution in [3.8, 4) is 5.75 Å². The quantitative estimate of drug-likeness (QED) is 0.926. The molecule has 4 nitrogen and oxygen atoms in total. The van der Waals surface area contributed by atoms with Crippen molar-refractivity contribution in [1.29, 1.82) is 0 Å². The third-order valence-electron chi connectivity index (χ3n) is 4.24. The number of piperidine rings is 1. The number of anilines is 1. The summed E-state index contributed by atoms with van der Waals surface area (Å²) in [6, 6.07) is 5.69. The largest absolute Gasteiger partial charge is 0.496 e. The third kappa shape index (κ3) is 3.90. The van der Waals surface area contributed by atoms with Crippen LogP contribution in [0.5, 0.6) is 5.75 Å². The van der Waals surface area contributed by atoms with E-state index in [9.17, 15) is 4.79 Å². The Morgan fingerprint density at radius 1 is 1.38 bits per heavy atom. The van der Waals surface area contributed by atoms with Gasteiger partial charge >= 0.3 is 0 Å². The van der Waals surface area contributed by atoms with E-state index < -0.39 is 0 Å². The predicted molar refractivity (Wildman–Crippen MR) is 85.8 cm³/mol. The Kier molecular flexibility index (Phi) is 5.10. The summed E-state index contributed by atoms with van der Waals surface area (Å²) >= 11 is 0. The molecule has 0 spiro atoms. The molecule has 4 heteroatoms. The number of benzene rings is 1. The molecule has 0 bridgehead atoms. The highest BCUT2D eigenvalue weighted by Crippen LogP contribution is 2.22. The van der Waals surface area contributed by atoms with Crippen LogP contribution in [0.15, 0.2) is 18.2 Å². The van der Waals surface area contributed by atoms with Gasteiger partial charge in [-0.25, -0.2) is 0 Å². The molecular weight excluding hydrogens is 264 g/mol. The minimum Gasteiger partial charge on any atom is -0.496 e. The van der Waals surface area contributed by atoms with Crippen molar-refractivity contribution < 1.29 is 9.53 Å². The van der Waals surface area contributed by atoms with Gasteiger partial charge in [-0.15, -0.1) is 0 Å². The highest BCUT2D eigenvalue weighted by molar-refractivity contribution is 5.84. The molecule has 0 aromatic heterocycles. The summed E-state index contributed by atoms with van der Waals surface area (Å²) in [6.07, 6.45) is 2.22. The molecule has 1 aromatic carbocycles. The van der Waals surface area contributed by atoms with Gasteiger partial charge in [0.1, 0.15) is 11.8 Å². The summed E-state index contributed by atoms with van der Waals surface area (Å²) in [4.78, 5) is 14.4. The lowest BCUT2D eigenvalue weighted by Crippen LogP contribution is -2.45. The summed E-state index contributed by atoms with van der Waals surface area (Å²) in [5, 5.41) is 3.30. The Balaban J connectivity index is 1.95. The topological polar surface area (TPSA) is 41.6 Å². The molecule has 1 N–H and O–H groups in total. The molecule has 1 aliphatic heterocycles. The van der Waals surface area contributed by atoms with Crippen LogP contribution < -0.4 is 10.1 Å². The first kappa shape index (κ1) is 15.7. The van der Waals surface area contributed by atoms with Crippen molar-refractivity contribution in [3.05, 3.63) is 23.8 Å². The van der Waals surface area contributed by atoms with Gasteiger partial charge in [-0.2, -0.15) is 0 Å². The van der Waals surface area contributed by atoms with Crippen molar-refractivity contribution in [2.75, 3.05) is 25.5 Å². The number of nitrogens with zero attached hydrogens (tertiary/aromatic N) is 1. The maximum Gasteiger partial charge on any atom is 0.244 e. The van der Waals surface area contributed by atoms with Gasteiger partial charge in [0, 0.05) is 18.8 Å². The Hall–Kier alpha value is -1.71. The number of methoxy groups -OCH3 is 1. The van der Waals surface area contributed by atoms with Crippen LogP contribution in [0.25, 0.3) is 0 Å². The molecule has 1 amide bonds. The van der Waals surface area contributed by atoms with Gasteiger partial charge in [0.25, 0.3) is 0 Å². The lowest BCUT2D eigenvalue weighted by atomic mass is 9.99. The molecule has 1 aromatic rings. The molecule has 116 valence electrons. The van der Waals surface area contributed by atoms with E-state index in [2.05, 4.69) is 12.2 Å². The van der Waals surface area contributed by atoms with E-state index in [1.54, 1.807) is 7.11 Å². The molecule has 0 saturated carbocycles. The van der Waals surface area contributed by atoms with Crippen LogP contribution in [-0.2, 0) is 4.79 Å². The van der Waals surface area contributed by atoms with Gasteiger partial charge in [0.15, 0.2) is 0 Å². The zero-order chi connectivity index (χ0) is 15.4. The van der Waals surface area contributed by atoms with Gasteiger partial charge in [-0.05, 0) is 56.4 Å². The van der Waals surface area contributed by atoms with Gasteiger partial charge < -0.3 is 15.0 Å². The Labute approximate surface area is 127 Å². The first-order chi connectivity index (χ1) is 10.0. The van der Waals surface area contributed by atoms with Crippen molar-refractivity contribution >= 4 is 11.6 Å². The van der Waals surface area contributed by atoms with Crippen LogP contribution in [-0.4, -0.2) is 37.0 Å². The summed E-state index contributed by atoms with van der Waals surface area (Å²) < 4.78 is 5.25. The number of rotatable bonds is 4. The van der Waals surface area contributed by atoms with Crippen LogP contribution in [0.3, 0.4) is 0 Å². The molecule has 21 heavy (non-hydrogen) atoms. The van der Waals surface area contributed by atoms with E-state index in [1.165, 1.54) is 0 Å². The van der Waals surface area contributed by atoms with E-state index in [-0.39, 0.29) is 11.9 Å². The molecule has 2 rings (SSSR count). The highest BCUT2D eigenvalue weighted by Gasteiger charge is 2.24. The molecule has 0 aliphatic carbocycles. The molecule has 1 atom stereocenters. The lowest BCUT2D eigenvalue weighted by molar-refractivity contribution is -0.132. The van der Waals surface area contributed by atoms with Crippen molar-refractivity contribution in [2.24, 2.45) is 5.92 Å². The van der Waals surface area contributed by atoms with Crippen LogP contribution in [0.1, 0.15) is 32.3 Å². The number of hydrogen-bond acceptors (Lipinski definition) is 3. The molecule has 0 radical (unpaired) electrons. The van der Waals surface area contributed by atoms with Crippen molar-refractivity contribution in [3.63, 3.8) is 0 Å². The van der Waals surface area contributed by atoms with Crippen LogP contribution >= 0.6 is 0 Å². The number of ether oxygens (including phenoxy) is 1. The summed E-state index contributed by atoms with van der Waals surface area (Å²) in [5.41, 5.74) is 2.02. The van der Waals surface area contributed by atoms with Gasteiger partial charge in [0.2, 0.25) is 5.91 Å². The second kappa shape index (κ2) is 6.83. The van der Waals surface area contributed by atoms with Crippen molar-refractivity contribution in [1.82, 2.24) is 4.90 Å². The Morgan fingerprint density at radius 2 is 2.05 bits per heavy atom. The first-order valence-electron chi connectivity index (χ1n) is 7.71. The fourth-order valence-electron chi connectivity index (χ4n) is 2.78. The van der Waals surface area contributed by atoms with E-state index in [0.717, 1.165) is 48.8 Å². The fraction of sp³-hybridized carbons (Fsp3) is 0.588. The second-order valence-corrected chi connectivity index (χ2v) is 6.06. The number of amides is 1. The summed E-state index contributed by atoms with van der Waals surface area (Å²) in [6.45, 7) is 7.95. The maximum absolute atomic E-state index is 12.5. The zero-order valence-electron chi connectivity index (χ0n) is 13.5. The lowest BCUT2D eigenvalue weighted by Gasteiger charge is -2.32. The smallest absolute Gasteiger partial charge is 0.244 e. The molecular formula is C17H26N2O2. The molecule has 1 unspecified atom stereocenters. The van der Waals surface area contributed by atoms with Crippen LogP contribution in [0.2, 0.25) is 0 Å². The van der Waals surface area contributed by atoms with Gasteiger partial charge in [-0.1, -0.05) is 6.92 Å². The van der Waals surface area contributed by atoms with E-state index in [0.29, 0.717) is 0 Å². The van der Waals surface area contributed by atoms with Crippen LogP contribution in [0.4, 0.5) is 5.69 Å². The van der Waals surface area contributed by atoms with E-state index in [4.69, 9.17) is 4.74 Å². The Bertz CT molecular complexity index is 494. The van der Waals surface area contributed by atoms with E-state index >= 15 is 0 Å². The molecule has 1 fully saturated rings. The third-order valence-corrected chi connectivity index (χ3v) is 4.24. The number of aryl methyl sites for hydroxylation is 1. The number of likely N-dealkylation sites (tertiary alicyclic amines) is 1. The molecule has 1 saturated heterocycles. The zero-order valence-corrected chi connectivity index (χ0v) is 13.5. The van der Waals surface area contributed by atoms with Gasteiger partial charge in [-0.3, -0.25) is 4.79 Å². The number of nitrogens with one attached hydrogen (secondary N) is 1. The van der Waals surface area contributed by atoms with Crippen LogP contribution in [0, 0.1) is 12.8 Å². The predicted octanol–water partition coefficient (Wildman–Crippen LogP) is 3.06. The number of carbonyl (C=O) groups excluding carboxylic acids is 1. The minimum atomic E-state index is -0.203. The number of hydrogen-bond donors (Lipinski definition) is 1. The second-order valence-electron chi connectivity index (χ2n) is 6.06. The highest BCUT2D eigenvalue weighted by atomic mass is 16.5. The summed E-state index contributed by atoms with van der Waals surface area (Å²) in [7, 11) is 1.67. The normalized spacial score (nSPS) is 17.4. The number of carbonyl (C=O) groups is 1. The minimum absolute atomic E-state index is 0.190. The fourth-order valence-corrected chi connectivity index (χ4v) is 2.78. The standard InChI is InChI=1S/C17H26N2O2/c1-12-7-9-19(10-8-12)17(20)14(3)18-15-5-6-16(21-4)13(2)11-15/h5-6,11-12,14,18H,7-10H2,1-4H3. The monoisotopic (exact) mass is 290 g/mol. The average molecular weight is 290 g/mol. The van der Waals surface area contributed by atoms with Crippen molar-refractivity contribution in [2.45, 2.75) is 39.7 Å². The molecule has 1 heterocycles. The molecule has 1 aliphatic rings. The SMILES string of the molecule is COc1ccc(NC(C)C(=O)N2CCC(C)CC2)cc1C. The summed E-state index contributed by atoms with van der Waals surface area (Å²) in [5.74, 6) is 1.79. The first-order valence-corrected chi connectivity index (χ1v) is 7.71. The average Bonchev–Trinajstić information content (AvgIpc) is 2.47. The Morgan fingerprint density at radius 3 is 2.62 bits per heavy atom.